The van der Waals surface area contributed by atoms with Crippen molar-refractivity contribution in [1.29, 1.82) is 0 Å². The molecule has 20 heavy (non-hydrogen) atoms. The molecule has 1 aromatic carbocycles. The van der Waals surface area contributed by atoms with Gasteiger partial charge in [0, 0.05) is 6.61 Å². The van der Waals surface area contributed by atoms with E-state index in [-0.39, 0.29) is 12.1 Å². The molecule has 0 aromatic heterocycles. The molecule has 0 fully saturated rings. The molecule has 1 N–H and O–H groups in total. The van der Waals surface area contributed by atoms with Crippen LogP contribution in [0, 0.1) is 5.92 Å². The van der Waals surface area contributed by atoms with Crippen molar-refractivity contribution in [3.63, 3.8) is 0 Å². The third kappa shape index (κ3) is 6.06. The van der Waals surface area contributed by atoms with Gasteiger partial charge in [0.2, 0.25) is 0 Å². The normalized spacial score (nSPS) is 15.8. The Balaban J connectivity index is 2.58. The van der Waals surface area contributed by atoms with Crippen LogP contribution in [0.3, 0.4) is 0 Å². The molecule has 114 valence electrons. The maximum absolute atomic E-state index is 6.11. The minimum atomic E-state index is 0.197. The van der Waals surface area contributed by atoms with Crippen LogP contribution in [-0.2, 0) is 4.74 Å². The summed E-state index contributed by atoms with van der Waals surface area (Å²) in [4.78, 5) is 0. The van der Waals surface area contributed by atoms with Gasteiger partial charge in [-0.05, 0) is 37.8 Å². The van der Waals surface area contributed by atoms with Crippen molar-refractivity contribution >= 4 is 0 Å². The van der Waals surface area contributed by atoms with E-state index in [1.807, 2.05) is 0 Å². The Bertz CT molecular complexity index is 339. The Morgan fingerprint density at radius 3 is 2.35 bits per heavy atom. The first-order valence-corrected chi connectivity index (χ1v) is 8.08. The lowest BCUT2D eigenvalue weighted by molar-refractivity contribution is 0.0182. The van der Waals surface area contributed by atoms with Gasteiger partial charge in [-0.15, -0.1) is 0 Å². The maximum atomic E-state index is 6.11. The third-order valence-electron chi connectivity index (χ3n) is 3.67. The standard InChI is InChI=1S/C18H31NO/c1-5-10-15(3)14-20-16(4)18(19-13-6-2)17-11-8-7-9-12-17/h7-9,11-12,15-16,18-19H,5-6,10,13-14H2,1-4H3. The monoisotopic (exact) mass is 277 g/mol. The van der Waals surface area contributed by atoms with E-state index in [1.165, 1.54) is 18.4 Å². The fourth-order valence-corrected chi connectivity index (χ4v) is 2.50. The largest absolute Gasteiger partial charge is 0.376 e. The molecule has 3 atom stereocenters. The Morgan fingerprint density at radius 2 is 1.75 bits per heavy atom. The Kier molecular flexibility index (Phi) is 8.56. The molecule has 2 heteroatoms. The Labute approximate surface area is 124 Å². The molecule has 0 aliphatic heterocycles. The molecular weight excluding hydrogens is 246 g/mol. The molecular formula is C18H31NO. The van der Waals surface area contributed by atoms with E-state index >= 15 is 0 Å². The third-order valence-corrected chi connectivity index (χ3v) is 3.67. The highest BCUT2D eigenvalue weighted by Gasteiger charge is 2.19. The summed E-state index contributed by atoms with van der Waals surface area (Å²) in [5, 5.41) is 3.62. The minimum absolute atomic E-state index is 0.197. The average Bonchev–Trinajstić information content (AvgIpc) is 2.47. The van der Waals surface area contributed by atoms with Gasteiger partial charge in [-0.2, -0.15) is 0 Å². The molecule has 0 saturated heterocycles. The molecule has 1 rings (SSSR count). The summed E-state index contributed by atoms with van der Waals surface area (Å²) in [5.74, 6) is 0.644. The Morgan fingerprint density at radius 1 is 1.05 bits per heavy atom. The summed E-state index contributed by atoms with van der Waals surface area (Å²) in [5.41, 5.74) is 1.32. The lowest BCUT2D eigenvalue weighted by Gasteiger charge is -2.27. The number of rotatable bonds is 10. The summed E-state index contributed by atoms with van der Waals surface area (Å²) in [7, 11) is 0. The molecule has 0 amide bonds. The van der Waals surface area contributed by atoms with Crippen molar-refractivity contribution in [1.82, 2.24) is 5.32 Å². The molecule has 0 aliphatic carbocycles. The van der Waals surface area contributed by atoms with Gasteiger partial charge in [-0.25, -0.2) is 0 Å². The fourth-order valence-electron chi connectivity index (χ4n) is 2.50. The molecule has 2 nitrogen and oxygen atoms in total. The summed E-state index contributed by atoms with van der Waals surface area (Å²) in [6.45, 7) is 10.8. The average molecular weight is 277 g/mol. The minimum Gasteiger partial charge on any atom is -0.376 e. The number of nitrogens with one attached hydrogen (secondary N) is 1. The first-order valence-electron chi connectivity index (χ1n) is 8.08. The van der Waals surface area contributed by atoms with Gasteiger partial charge >= 0.3 is 0 Å². The summed E-state index contributed by atoms with van der Waals surface area (Å²) >= 11 is 0. The van der Waals surface area contributed by atoms with Crippen LogP contribution in [0.4, 0.5) is 0 Å². The van der Waals surface area contributed by atoms with Crippen molar-refractivity contribution in [2.45, 2.75) is 59.1 Å². The zero-order valence-corrected chi connectivity index (χ0v) is 13.6. The molecule has 0 saturated carbocycles. The first kappa shape index (κ1) is 17.2. The summed E-state index contributed by atoms with van der Waals surface area (Å²) < 4.78 is 6.11. The van der Waals surface area contributed by atoms with Crippen molar-refractivity contribution in [2.24, 2.45) is 5.92 Å². The van der Waals surface area contributed by atoms with Crippen LogP contribution in [0.2, 0.25) is 0 Å². The van der Waals surface area contributed by atoms with Crippen LogP contribution in [0.1, 0.15) is 58.6 Å². The van der Waals surface area contributed by atoms with Crippen molar-refractivity contribution in [2.75, 3.05) is 13.2 Å². The van der Waals surface area contributed by atoms with Crippen molar-refractivity contribution < 1.29 is 4.74 Å². The number of hydrogen-bond acceptors (Lipinski definition) is 2. The van der Waals surface area contributed by atoms with Crippen LogP contribution in [0.15, 0.2) is 30.3 Å². The molecule has 3 unspecified atom stereocenters. The van der Waals surface area contributed by atoms with Gasteiger partial charge in [0.15, 0.2) is 0 Å². The predicted octanol–water partition coefficient (Wildman–Crippen LogP) is 4.57. The van der Waals surface area contributed by atoms with Gasteiger partial charge in [0.1, 0.15) is 0 Å². The number of hydrogen-bond donors (Lipinski definition) is 1. The van der Waals surface area contributed by atoms with Crippen LogP contribution < -0.4 is 5.32 Å². The van der Waals surface area contributed by atoms with Crippen molar-refractivity contribution in [3.05, 3.63) is 35.9 Å². The van der Waals surface area contributed by atoms with Crippen LogP contribution in [-0.4, -0.2) is 19.3 Å². The van der Waals surface area contributed by atoms with Gasteiger partial charge in [-0.1, -0.05) is 57.5 Å². The molecule has 0 aliphatic rings. The molecule has 0 bridgehead atoms. The van der Waals surface area contributed by atoms with E-state index in [4.69, 9.17) is 4.74 Å². The maximum Gasteiger partial charge on any atom is 0.0741 e. The predicted molar refractivity (Wildman–Crippen MR) is 87.0 cm³/mol. The zero-order chi connectivity index (χ0) is 14.8. The van der Waals surface area contributed by atoms with E-state index in [2.05, 4.69) is 63.3 Å². The van der Waals surface area contributed by atoms with Crippen LogP contribution in [0.25, 0.3) is 0 Å². The van der Waals surface area contributed by atoms with E-state index in [0.29, 0.717) is 5.92 Å². The van der Waals surface area contributed by atoms with Gasteiger partial charge < -0.3 is 10.1 Å². The van der Waals surface area contributed by atoms with E-state index in [1.54, 1.807) is 0 Å². The first-order chi connectivity index (χ1) is 9.69. The van der Waals surface area contributed by atoms with Crippen LogP contribution >= 0.6 is 0 Å². The fraction of sp³-hybridized carbons (Fsp3) is 0.667. The molecule has 0 spiro atoms. The van der Waals surface area contributed by atoms with E-state index in [0.717, 1.165) is 19.6 Å². The Hall–Kier alpha value is -0.860. The second kappa shape index (κ2) is 9.95. The zero-order valence-electron chi connectivity index (χ0n) is 13.6. The second-order valence-electron chi connectivity index (χ2n) is 5.77. The quantitative estimate of drug-likeness (QED) is 0.676. The highest BCUT2D eigenvalue weighted by molar-refractivity contribution is 5.19. The second-order valence-corrected chi connectivity index (χ2v) is 5.77. The van der Waals surface area contributed by atoms with Crippen molar-refractivity contribution in [3.8, 4) is 0 Å². The highest BCUT2D eigenvalue weighted by Crippen LogP contribution is 2.20. The van der Waals surface area contributed by atoms with Crippen LogP contribution in [0.5, 0.6) is 0 Å². The lowest BCUT2D eigenvalue weighted by Crippen LogP contribution is -2.33. The smallest absolute Gasteiger partial charge is 0.0741 e. The number of benzene rings is 1. The summed E-state index contributed by atoms with van der Waals surface area (Å²) in [6, 6.07) is 10.9. The summed E-state index contributed by atoms with van der Waals surface area (Å²) in [6.07, 6.45) is 3.81. The highest BCUT2D eigenvalue weighted by atomic mass is 16.5. The van der Waals surface area contributed by atoms with Gasteiger partial charge in [0.05, 0.1) is 12.1 Å². The van der Waals surface area contributed by atoms with Gasteiger partial charge in [0.25, 0.3) is 0 Å². The topological polar surface area (TPSA) is 21.3 Å². The molecule has 0 radical (unpaired) electrons. The van der Waals surface area contributed by atoms with Gasteiger partial charge in [-0.3, -0.25) is 0 Å². The lowest BCUT2D eigenvalue weighted by atomic mass is 10.0. The SMILES string of the molecule is CCCNC(c1ccccc1)C(C)OCC(C)CCC. The van der Waals surface area contributed by atoms with E-state index in [9.17, 15) is 0 Å². The van der Waals surface area contributed by atoms with E-state index < -0.39 is 0 Å². The number of ether oxygens (including phenoxy) is 1. The molecule has 0 heterocycles. The molecule has 1 aromatic rings.